The molecule has 2 N–H and O–H groups in total. The predicted molar refractivity (Wildman–Crippen MR) is 56.6 cm³/mol. The molecule has 0 saturated heterocycles. The second-order valence-electron chi connectivity index (χ2n) is 3.88. The largest absolute Gasteiger partial charge is 0.359 e. The van der Waals surface area contributed by atoms with Crippen molar-refractivity contribution in [2.45, 2.75) is 18.8 Å². The van der Waals surface area contributed by atoms with Crippen molar-refractivity contribution in [1.29, 1.82) is 0 Å². The molecule has 0 bridgehead atoms. The molecule has 1 fully saturated rings. The summed E-state index contributed by atoms with van der Waals surface area (Å²) in [5, 5.41) is 0. The van der Waals surface area contributed by atoms with Crippen LogP contribution in [0.15, 0.2) is 29.2 Å². The van der Waals surface area contributed by atoms with Gasteiger partial charge in [-0.25, -0.2) is 4.98 Å². The van der Waals surface area contributed by atoms with E-state index in [4.69, 9.17) is 0 Å². The van der Waals surface area contributed by atoms with E-state index in [-0.39, 0.29) is 5.56 Å². The van der Waals surface area contributed by atoms with Gasteiger partial charge in [0, 0.05) is 18.2 Å². The first-order valence-electron chi connectivity index (χ1n) is 5.08. The Morgan fingerprint density at radius 2 is 2.27 bits per heavy atom. The summed E-state index contributed by atoms with van der Waals surface area (Å²) in [6.07, 6.45) is 4.13. The van der Waals surface area contributed by atoms with Crippen LogP contribution in [0, 0.1) is 0 Å². The lowest BCUT2D eigenvalue weighted by Crippen LogP contribution is -2.09. The van der Waals surface area contributed by atoms with Gasteiger partial charge in [0.15, 0.2) is 5.82 Å². The Morgan fingerprint density at radius 3 is 2.93 bits per heavy atom. The average molecular weight is 201 g/mol. The smallest absolute Gasteiger partial charge is 0.251 e. The highest BCUT2D eigenvalue weighted by Gasteiger charge is 2.25. The molecule has 0 atom stereocenters. The van der Waals surface area contributed by atoms with E-state index in [0.29, 0.717) is 11.7 Å². The monoisotopic (exact) mass is 201 g/mol. The minimum Gasteiger partial charge on any atom is -0.359 e. The third-order valence-electron chi connectivity index (χ3n) is 2.61. The summed E-state index contributed by atoms with van der Waals surface area (Å²) < 4.78 is 0. The molecule has 1 saturated carbocycles. The predicted octanol–water partition coefficient (Wildman–Crippen LogP) is 1.64. The first-order valence-corrected chi connectivity index (χ1v) is 5.08. The Morgan fingerprint density at radius 1 is 1.40 bits per heavy atom. The van der Waals surface area contributed by atoms with Gasteiger partial charge in [0.2, 0.25) is 0 Å². The van der Waals surface area contributed by atoms with Gasteiger partial charge in [-0.3, -0.25) is 4.79 Å². The molecule has 3 rings (SSSR count). The SMILES string of the molecule is O=c1cc(C2CC2)nc(-c2ccc[nH]2)[nH]1. The molecule has 0 radical (unpaired) electrons. The number of nitrogens with one attached hydrogen (secondary N) is 2. The summed E-state index contributed by atoms with van der Waals surface area (Å²) in [5.74, 6) is 1.13. The molecule has 4 nitrogen and oxygen atoms in total. The van der Waals surface area contributed by atoms with Crippen LogP contribution in [-0.4, -0.2) is 15.0 Å². The maximum atomic E-state index is 11.4. The Balaban J connectivity index is 2.11. The molecule has 0 aromatic carbocycles. The van der Waals surface area contributed by atoms with E-state index in [9.17, 15) is 4.79 Å². The van der Waals surface area contributed by atoms with E-state index in [1.807, 2.05) is 18.3 Å². The minimum absolute atomic E-state index is 0.0727. The number of aromatic amines is 2. The molecule has 76 valence electrons. The van der Waals surface area contributed by atoms with Crippen molar-refractivity contribution in [2.75, 3.05) is 0 Å². The molecule has 2 aromatic rings. The lowest BCUT2D eigenvalue weighted by molar-refractivity contribution is 0.972. The first-order chi connectivity index (χ1) is 7.33. The average Bonchev–Trinajstić information content (AvgIpc) is 2.93. The molecule has 4 heteroatoms. The summed E-state index contributed by atoms with van der Waals surface area (Å²) in [6, 6.07) is 5.39. The molecule has 1 aliphatic carbocycles. The van der Waals surface area contributed by atoms with Gasteiger partial charge in [0.1, 0.15) is 0 Å². The zero-order valence-corrected chi connectivity index (χ0v) is 8.16. The summed E-state index contributed by atoms with van der Waals surface area (Å²) in [6.45, 7) is 0. The van der Waals surface area contributed by atoms with E-state index in [2.05, 4.69) is 15.0 Å². The van der Waals surface area contributed by atoms with Crippen molar-refractivity contribution in [1.82, 2.24) is 15.0 Å². The van der Waals surface area contributed by atoms with Crippen LogP contribution < -0.4 is 5.56 Å². The first kappa shape index (κ1) is 8.47. The third kappa shape index (κ3) is 1.58. The maximum absolute atomic E-state index is 11.4. The van der Waals surface area contributed by atoms with Crippen molar-refractivity contribution in [2.24, 2.45) is 0 Å². The number of hydrogen-bond acceptors (Lipinski definition) is 2. The Labute approximate surface area is 86.4 Å². The Bertz CT molecular complexity index is 523. The molecule has 2 heterocycles. The van der Waals surface area contributed by atoms with Gasteiger partial charge in [0.25, 0.3) is 5.56 Å². The van der Waals surface area contributed by atoms with Crippen LogP contribution in [0.1, 0.15) is 24.5 Å². The second kappa shape index (κ2) is 3.08. The molecule has 0 aliphatic heterocycles. The van der Waals surface area contributed by atoms with Crippen molar-refractivity contribution in [3.8, 4) is 11.5 Å². The summed E-state index contributed by atoms with van der Waals surface area (Å²) in [5.41, 5.74) is 1.70. The Hall–Kier alpha value is -1.84. The summed E-state index contributed by atoms with van der Waals surface area (Å²) >= 11 is 0. The second-order valence-corrected chi connectivity index (χ2v) is 3.88. The van der Waals surface area contributed by atoms with Gasteiger partial charge in [-0.2, -0.15) is 0 Å². The van der Waals surface area contributed by atoms with Crippen molar-refractivity contribution in [3.05, 3.63) is 40.4 Å². The fourth-order valence-electron chi connectivity index (χ4n) is 1.67. The molecule has 0 spiro atoms. The van der Waals surface area contributed by atoms with Gasteiger partial charge < -0.3 is 9.97 Å². The zero-order valence-electron chi connectivity index (χ0n) is 8.16. The topological polar surface area (TPSA) is 61.5 Å². The van der Waals surface area contributed by atoms with Crippen molar-refractivity contribution >= 4 is 0 Å². The molecular weight excluding hydrogens is 190 g/mol. The van der Waals surface area contributed by atoms with E-state index >= 15 is 0 Å². The molecule has 0 unspecified atom stereocenters. The molecular formula is C11H11N3O. The molecule has 2 aromatic heterocycles. The van der Waals surface area contributed by atoms with Crippen LogP contribution in [0.25, 0.3) is 11.5 Å². The van der Waals surface area contributed by atoms with Crippen LogP contribution in [0.3, 0.4) is 0 Å². The van der Waals surface area contributed by atoms with Crippen LogP contribution >= 0.6 is 0 Å². The van der Waals surface area contributed by atoms with E-state index in [1.165, 1.54) is 0 Å². The zero-order chi connectivity index (χ0) is 10.3. The fraction of sp³-hybridized carbons (Fsp3) is 0.273. The van der Waals surface area contributed by atoms with Crippen LogP contribution in [0.2, 0.25) is 0 Å². The highest BCUT2D eigenvalue weighted by molar-refractivity contribution is 5.49. The third-order valence-corrected chi connectivity index (χ3v) is 2.61. The standard InChI is InChI=1S/C11H11N3O/c15-10-6-9(7-3-4-7)13-11(14-10)8-2-1-5-12-8/h1-2,5-7,12H,3-4H2,(H,13,14,15). The fourth-order valence-corrected chi connectivity index (χ4v) is 1.67. The van der Waals surface area contributed by atoms with Gasteiger partial charge >= 0.3 is 0 Å². The van der Waals surface area contributed by atoms with Crippen LogP contribution in [0.4, 0.5) is 0 Å². The maximum Gasteiger partial charge on any atom is 0.251 e. The molecule has 1 aliphatic rings. The van der Waals surface area contributed by atoms with Crippen LogP contribution in [0.5, 0.6) is 0 Å². The molecule has 0 amide bonds. The van der Waals surface area contributed by atoms with Gasteiger partial charge in [-0.15, -0.1) is 0 Å². The van der Waals surface area contributed by atoms with Gasteiger partial charge in [-0.05, 0) is 25.0 Å². The number of aromatic nitrogens is 3. The lowest BCUT2D eigenvalue weighted by Gasteiger charge is -2.00. The number of H-pyrrole nitrogens is 2. The molecule has 15 heavy (non-hydrogen) atoms. The van der Waals surface area contributed by atoms with Gasteiger partial charge in [-0.1, -0.05) is 0 Å². The minimum atomic E-state index is -0.0727. The normalized spacial score (nSPS) is 15.5. The highest BCUT2D eigenvalue weighted by atomic mass is 16.1. The van der Waals surface area contributed by atoms with E-state index in [1.54, 1.807) is 6.07 Å². The summed E-state index contributed by atoms with van der Waals surface area (Å²) in [4.78, 5) is 21.6. The highest BCUT2D eigenvalue weighted by Crippen LogP contribution is 2.38. The lowest BCUT2D eigenvalue weighted by atomic mass is 10.2. The Kier molecular flexibility index (Phi) is 1.74. The van der Waals surface area contributed by atoms with E-state index < -0.39 is 0 Å². The number of nitrogens with zero attached hydrogens (tertiary/aromatic N) is 1. The van der Waals surface area contributed by atoms with Crippen LogP contribution in [-0.2, 0) is 0 Å². The quantitative estimate of drug-likeness (QED) is 0.775. The number of hydrogen-bond donors (Lipinski definition) is 2. The summed E-state index contributed by atoms with van der Waals surface area (Å²) in [7, 11) is 0. The van der Waals surface area contributed by atoms with Gasteiger partial charge in [0.05, 0.1) is 11.4 Å². The number of rotatable bonds is 2. The van der Waals surface area contributed by atoms with Crippen molar-refractivity contribution in [3.63, 3.8) is 0 Å². The van der Waals surface area contributed by atoms with E-state index in [0.717, 1.165) is 24.2 Å². The van der Waals surface area contributed by atoms with Crippen molar-refractivity contribution < 1.29 is 0 Å².